The number of thiocarbonyl (C=S) groups is 1. The summed E-state index contributed by atoms with van der Waals surface area (Å²) >= 11 is 4.40. The summed E-state index contributed by atoms with van der Waals surface area (Å²) in [7, 11) is 0. The van der Waals surface area contributed by atoms with Crippen molar-refractivity contribution in [2.75, 3.05) is 0 Å². The zero-order valence-corrected chi connectivity index (χ0v) is 9.09. The summed E-state index contributed by atoms with van der Waals surface area (Å²) in [5.41, 5.74) is 6.87. The second-order valence-electron chi connectivity index (χ2n) is 3.00. The Morgan fingerprint density at radius 1 is 1.38 bits per heavy atom. The standard InChI is InChI=1S/C10H11NO4S/c11-9(5-12)10(13)7-1-3-8(4-2-7)15-14-6-16/h1-6,9-10,13H,11H2/t9-,10-/m1/s1. The lowest BCUT2D eigenvalue weighted by molar-refractivity contribution is -0.111. The molecule has 6 heteroatoms. The molecule has 0 aromatic heterocycles. The van der Waals surface area contributed by atoms with Crippen LogP contribution in [-0.2, 0) is 9.68 Å². The van der Waals surface area contributed by atoms with Crippen molar-refractivity contribution in [3.05, 3.63) is 29.8 Å². The molecule has 1 aromatic rings. The number of carbonyl (C=O) groups is 1. The molecule has 0 aliphatic heterocycles. The van der Waals surface area contributed by atoms with Gasteiger partial charge in [-0.1, -0.05) is 12.1 Å². The smallest absolute Gasteiger partial charge is 0.205 e. The van der Waals surface area contributed by atoms with Crippen LogP contribution < -0.4 is 10.6 Å². The summed E-state index contributed by atoms with van der Waals surface area (Å²) in [6.45, 7) is 0. The van der Waals surface area contributed by atoms with E-state index in [9.17, 15) is 9.90 Å². The van der Waals surface area contributed by atoms with Gasteiger partial charge < -0.3 is 15.6 Å². The molecule has 1 aromatic carbocycles. The fourth-order valence-corrected chi connectivity index (χ4v) is 1.13. The van der Waals surface area contributed by atoms with Crippen LogP contribution in [0.25, 0.3) is 0 Å². The molecule has 0 bridgehead atoms. The first kappa shape index (κ1) is 12.6. The highest BCUT2D eigenvalue weighted by Crippen LogP contribution is 2.19. The molecule has 86 valence electrons. The first-order valence-corrected chi connectivity index (χ1v) is 4.92. The van der Waals surface area contributed by atoms with E-state index in [2.05, 4.69) is 17.1 Å². The molecule has 0 saturated carbocycles. The highest BCUT2D eigenvalue weighted by atomic mass is 32.1. The Kier molecular flexibility index (Phi) is 4.84. The molecule has 1 rings (SSSR count). The summed E-state index contributed by atoms with van der Waals surface area (Å²) in [4.78, 5) is 19.6. The number of nitrogens with two attached hydrogens (primary N) is 1. The Labute approximate surface area is 97.7 Å². The largest absolute Gasteiger partial charge is 0.386 e. The van der Waals surface area contributed by atoms with Gasteiger partial charge in [-0.2, -0.15) is 0 Å². The third-order valence-corrected chi connectivity index (χ3v) is 2.01. The van der Waals surface area contributed by atoms with Crippen molar-refractivity contribution in [2.24, 2.45) is 5.73 Å². The lowest BCUT2D eigenvalue weighted by Crippen LogP contribution is -2.29. The van der Waals surface area contributed by atoms with E-state index in [1.807, 2.05) is 0 Å². The zero-order chi connectivity index (χ0) is 12.0. The number of aliphatic hydroxyl groups is 1. The molecule has 0 radical (unpaired) electrons. The molecule has 16 heavy (non-hydrogen) atoms. The number of aldehydes is 1. The number of hydrogen-bond acceptors (Lipinski definition) is 6. The molecule has 0 spiro atoms. The van der Waals surface area contributed by atoms with Crippen LogP contribution in [0.4, 0.5) is 0 Å². The van der Waals surface area contributed by atoms with Crippen LogP contribution in [0.15, 0.2) is 24.3 Å². The van der Waals surface area contributed by atoms with Crippen molar-refractivity contribution in [3.8, 4) is 5.75 Å². The van der Waals surface area contributed by atoms with E-state index >= 15 is 0 Å². The third-order valence-electron chi connectivity index (χ3n) is 1.93. The number of benzene rings is 1. The molecule has 3 N–H and O–H groups in total. The molecule has 0 amide bonds. The van der Waals surface area contributed by atoms with Crippen LogP contribution in [0.3, 0.4) is 0 Å². The minimum atomic E-state index is -1.03. The molecule has 0 heterocycles. The summed E-state index contributed by atoms with van der Waals surface area (Å²) in [6, 6.07) is 5.35. The maximum Gasteiger partial charge on any atom is 0.205 e. The van der Waals surface area contributed by atoms with Gasteiger partial charge in [0.15, 0.2) is 5.75 Å². The van der Waals surface area contributed by atoms with Gasteiger partial charge in [0.1, 0.15) is 12.4 Å². The molecule has 0 fully saturated rings. The minimum Gasteiger partial charge on any atom is -0.386 e. The van der Waals surface area contributed by atoms with Gasteiger partial charge in [-0.15, -0.1) is 0 Å². The molecule has 0 unspecified atom stereocenters. The van der Waals surface area contributed by atoms with Crippen LogP contribution in [0, 0.1) is 0 Å². The van der Waals surface area contributed by atoms with Gasteiger partial charge in [-0.25, -0.2) is 0 Å². The van der Waals surface area contributed by atoms with E-state index in [4.69, 9.17) is 10.6 Å². The highest BCUT2D eigenvalue weighted by Gasteiger charge is 2.15. The van der Waals surface area contributed by atoms with Gasteiger partial charge in [0.05, 0.1) is 6.04 Å². The summed E-state index contributed by atoms with van der Waals surface area (Å²) in [5.74, 6) is 0.428. The zero-order valence-electron chi connectivity index (χ0n) is 8.28. The Hall–Kier alpha value is -1.50. The SMILES string of the molecule is N[C@H](C=O)[C@H](O)c1ccc(OOC=S)cc1. The molecule has 0 aliphatic carbocycles. The van der Waals surface area contributed by atoms with Gasteiger partial charge in [0.2, 0.25) is 5.55 Å². The molecule has 2 atom stereocenters. The van der Waals surface area contributed by atoms with Crippen LogP contribution in [0.2, 0.25) is 0 Å². The van der Waals surface area contributed by atoms with E-state index < -0.39 is 12.1 Å². The molecular formula is C10H11NO4S. The van der Waals surface area contributed by atoms with Gasteiger partial charge in [0, 0.05) is 0 Å². The van der Waals surface area contributed by atoms with E-state index in [0.29, 0.717) is 17.6 Å². The lowest BCUT2D eigenvalue weighted by atomic mass is 10.0. The van der Waals surface area contributed by atoms with Crippen LogP contribution >= 0.6 is 12.2 Å². The van der Waals surface area contributed by atoms with E-state index in [1.54, 1.807) is 24.3 Å². The van der Waals surface area contributed by atoms with Crippen molar-refractivity contribution < 1.29 is 19.7 Å². The predicted octanol–water partition coefficient (Wildman–Crippen LogP) is 0.514. The van der Waals surface area contributed by atoms with E-state index in [1.165, 1.54) is 0 Å². The monoisotopic (exact) mass is 241 g/mol. The Bertz CT molecular complexity index is 354. The number of carbonyl (C=O) groups excluding carboxylic acids is 1. The maximum atomic E-state index is 10.4. The molecule has 0 aliphatic rings. The first-order valence-electron chi connectivity index (χ1n) is 4.45. The fraction of sp³-hybridized carbons (Fsp3) is 0.200. The topological polar surface area (TPSA) is 81.8 Å². The first-order chi connectivity index (χ1) is 7.69. The Morgan fingerprint density at radius 3 is 2.50 bits per heavy atom. The highest BCUT2D eigenvalue weighted by molar-refractivity contribution is 7.78. The van der Waals surface area contributed by atoms with Crippen LogP contribution in [0.5, 0.6) is 5.75 Å². The van der Waals surface area contributed by atoms with E-state index in [0.717, 1.165) is 5.55 Å². The molecule has 0 saturated heterocycles. The second-order valence-corrected chi connectivity index (χ2v) is 3.20. The van der Waals surface area contributed by atoms with Gasteiger partial charge in [-0.05, 0) is 29.9 Å². The quantitative estimate of drug-likeness (QED) is 0.327. The number of rotatable bonds is 6. The predicted molar refractivity (Wildman–Crippen MR) is 60.8 cm³/mol. The van der Waals surface area contributed by atoms with Crippen molar-refractivity contribution in [2.45, 2.75) is 12.1 Å². The molecule has 5 nitrogen and oxygen atoms in total. The molecular weight excluding hydrogens is 230 g/mol. The van der Waals surface area contributed by atoms with E-state index in [-0.39, 0.29) is 0 Å². The Morgan fingerprint density at radius 2 is 2.00 bits per heavy atom. The van der Waals surface area contributed by atoms with Crippen LogP contribution in [-0.4, -0.2) is 23.0 Å². The van der Waals surface area contributed by atoms with Gasteiger partial charge in [-0.3, -0.25) is 9.78 Å². The average Bonchev–Trinajstić information content (AvgIpc) is 2.35. The third kappa shape index (κ3) is 3.27. The summed E-state index contributed by atoms with van der Waals surface area (Å²) < 4.78 is 0. The van der Waals surface area contributed by atoms with Crippen LogP contribution in [0.1, 0.15) is 11.7 Å². The average molecular weight is 241 g/mol. The van der Waals surface area contributed by atoms with Crippen molar-refractivity contribution in [1.82, 2.24) is 0 Å². The van der Waals surface area contributed by atoms with Crippen molar-refractivity contribution in [3.63, 3.8) is 0 Å². The van der Waals surface area contributed by atoms with Gasteiger partial charge >= 0.3 is 0 Å². The summed E-state index contributed by atoms with van der Waals surface area (Å²) in [6.07, 6.45) is -0.539. The summed E-state index contributed by atoms with van der Waals surface area (Å²) in [5, 5.41) is 9.60. The second kappa shape index (κ2) is 6.16. The Balaban J connectivity index is 2.70. The lowest BCUT2D eigenvalue weighted by Gasteiger charge is -2.13. The van der Waals surface area contributed by atoms with Crippen molar-refractivity contribution in [1.29, 1.82) is 0 Å². The number of hydrogen-bond donors (Lipinski definition) is 2. The van der Waals surface area contributed by atoms with Gasteiger partial charge in [0.25, 0.3) is 0 Å². The maximum absolute atomic E-state index is 10.4. The van der Waals surface area contributed by atoms with Crippen molar-refractivity contribution >= 4 is 24.1 Å². The minimum absolute atomic E-state index is 0.428. The fourth-order valence-electron chi connectivity index (χ4n) is 1.09. The number of aliphatic hydroxyl groups excluding tert-OH is 1. The normalized spacial score (nSPS) is 13.6.